The van der Waals surface area contributed by atoms with Crippen molar-refractivity contribution in [3.8, 4) is 5.75 Å². The summed E-state index contributed by atoms with van der Waals surface area (Å²) in [6, 6.07) is -0.163. The van der Waals surface area contributed by atoms with E-state index >= 15 is 0 Å². The summed E-state index contributed by atoms with van der Waals surface area (Å²) in [7, 11) is 1.63. The number of halogens is 3. The number of aromatic nitrogens is 4. The predicted octanol–water partition coefficient (Wildman–Crippen LogP) is 1.95. The van der Waals surface area contributed by atoms with Crippen molar-refractivity contribution in [2.24, 2.45) is 7.05 Å². The van der Waals surface area contributed by atoms with Crippen molar-refractivity contribution in [3.63, 3.8) is 0 Å². The summed E-state index contributed by atoms with van der Waals surface area (Å²) in [5.41, 5.74) is -2.30. The second-order valence-electron chi connectivity index (χ2n) is 10.7. The lowest BCUT2D eigenvalue weighted by molar-refractivity contribution is -0.219. The van der Waals surface area contributed by atoms with Gasteiger partial charge in [0.2, 0.25) is 11.3 Å². The summed E-state index contributed by atoms with van der Waals surface area (Å²) in [4.78, 5) is 61.6. The van der Waals surface area contributed by atoms with Crippen LogP contribution in [0.2, 0.25) is 0 Å². The van der Waals surface area contributed by atoms with Crippen LogP contribution in [0.5, 0.6) is 5.75 Å². The van der Waals surface area contributed by atoms with Gasteiger partial charge in [0, 0.05) is 56.5 Å². The van der Waals surface area contributed by atoms with Gasteiger partial charge in [-0.25, -0.2) is 18.2 Å². The third kappa shape index (κ3) is 5.76. The number of hydrogen-bond acceptors (Lipinski definition) is 8. The summed E-state index contributed by atoms with van der Waals surface area (Å²) >= 11 is 0. The first-order valence-electron chi connectivity index (χ1n) is 13.9. The monoisotopic (exact) mass is 617 g/mol. The molecule has 5 rings (SSSR count). The van der Waals surface area contributed by atoms with Gasteiger partial charge in [0.15, 0.2) is 11.4 Å². The molecule has 4 heterocycles. The van der Waals surface area contributed by atoms with Crippen LogP contribution >= 0.6 is 0 Å². The fraction of sp³-hybridized carbons (Fsp3) is 0.429. The van der Waals surface area contributed by atoms with Crippen LogP contribution in [-0.4, -0.2) is 71.0 Å². The first kappa shape index (κ1) is 30.7. The van der Waals surface area contributed by atoms with Gasteiger partial charge < -0.3 is 19.9 Å². The lowest BCUT2D eigenvalue weighted by Gasteiger charge is -2.39. The van der Waals surface area contributed by atoms with E-state index in [4.69, 9.17) is 4.84 Å². The molecule has 1 fully saturated rings. The maximum atomic E-state index is 14.1. The number of rotatable bonds is 8. The fourth-order valence-electron chi connectivity index (χ4n) is 5.45. The molecule has 16 heteroatoms. The minimum Gasteiger partial charge on any atom is -0.503 e. The number of benzene rings is 1. The van der Waals surface area contributed by atoms with Crippen molar-refractivity contribution in [3.05, 3.63) is 74.7 Å². The van der Waals surface area contributed by atoms with Crippen molar-refractivity contribution >= 4 is 17.7 Å². The summed E-state index contributed by atoms with van der Waals surface area (Å²) in [5, 5.41) is 22.5. The van der Waals surface area contributed by atoms with E-state index in [2.05, 4.69) is 15.5 Å². The van der Waals surface area contributed by atoms with Gasteiger partial charge in [-0.3, -0.25) is 24.0 Å². The van der Waals surface area contributed by atoms with Gasteiger partial charge in [-0.15, -0.1) is 0 Å². The van der Waals surface area contributed by atoms with Gasteiger partial charge in [0.05, 0.1) is 18.8 Å². The molecule has 2 aliphatic rings. The average molecular weight is 618 g/mol. The second kappa shape index (κ2) is 12.1. The van der Waals surface area contributed by atoms with Crippen LogP contribution in [0.1, 0.15) is 71.3 Å². The van der Waals surface area contributed by atoms with E-state index in [9.17, 15) is 37.5 Å². The molecule has 3 atom stereocenters. The van der Waals surface area contributed by atoms with E-state index in [1.54, 1.807) is 14.0 Å². The van der Waals surface area contributed by atoms with Crippen LogP contribution in [-0.2, 0) is 29.8 Å². The van der Waals surface area contributed by atoms with Crippen LogP contribution in [0.25, 0.3) is 0 Å². The van der Waals surface area contributed by atoms with E-state index in [1.807, 2.05) is 6.92 Å². The molecule has 13 nitrogen and oxygen atoms in total. The highest BCUT2D eigenvalue weighted by Crippen LogP contribution is 2.36. The Morgan fingerprint density at radius 2 is 1.89 bits per heavy atom. The Morgan fingerprint density at radius 3 is 2.52 bits per heavy atom. The number of aryl methyl sites for hydroxylation is 1. The number of nitrogens with one attached hydrogen (secondary N) is 1. The molecule has 2 aliphatic heterocycles. The molecule has 44 heavy (non-hydrogen) atoms. The number of hydrogen-bond donors (Lipinski definition) is 2. The molecule has 0 unspecified atom stereocenters. The van der Waals surface area contributed by atoms with E-state index in [-0.39, 0.29) is 37.2 Å². The molecule has 3 amide bonds. The third-order valence-electron chi connectivity index (χ3n) is 7.82. The second-order valence-corrected chi connectivity index (χ2v) is 10.7. The van der Waals surface area contributed by atoms with Crippen LogP contribution in [0.4, 0.5) is 13.2 Å². The van der Waals surface area contributed by atoms with Gasteiger partial charge in [0.25, 0.3) is 11.8 Å². The lowest BCUT2D eigenvalue weighted by Crippen LogP contribution is -2.50. The van der Waals surface area contributed by atoms with Crippen molar-refractivity contribution < 1.29 is 37.5 Å². The molecule has 2 aromatic heterocycles. The molecular formula is C28H30F3N7O6. The normalized spacial score (nSPS) is 19.4. The first-order chi connectivity index (χ1) is 20.9. The third-order valence-corrected chi connectivity index (χ3v) is 7.82. The number of amides is 3. The highest BCUT2D eigenvalue weighted by Gasteiger charge is 2.44. The summed E-state index contributed by atoms with van der Waals surface area (Å²) < 4.78 is 42.8. The number of aromatic hydroxyl groups is 1. The largest absolute Gasteiger partial charge is 0.503 e. The van der Waals surface area contributed by atoms with Crippen molar-refractivity contribution in [1.82, 2.24) is 34.8 Å². The number of fused-ring (bicyclic) bond motifs is 4. The van der Waals surface area contributed by atoms with Crippen LogP contribution < -0.4 is 10.7 Å². The zero-order valence-electron chi connectivity index (χ0n) is 24.1. The molecule has 2 bridgehead atoms. The molecular weight excluding hydrogens is 587 g/mol. The molecule has 0 saturated carbocycles. The Morgan fingerprint density at radius 1 is 1.18 bits per heavy atom. The standard InChI is InChI=1S/C28H30F3N7O6/c1-4-23(39)38(11-16-9-33-35(3)34-16)44-22-6-5-14(2)36-13-21(22)37-12-18(25(40)26(41)24(37)28(36)43)27(42)32-10-17-19(30)7-15(29)8-20(17)31/h7-9,12,14,21-22,41H,4-6,10-11,13H2,1-3H3,(H,32,42)/t14-,21+,22+/m0/s1. The number of carbonyl (C=O) groups excluding carboxylic acids is 3. The van der Waals surface area contributed by atoms with Crippen LogP contribution in [0.15, 0.2) is 29.3 Å². The molecule has 1 aromatic carbocycles. The molecule has 3 aromatic rings. The van der Waals surface area contributed by atoms with Crippen molar-refractivity contribution in [2.75, 3.05) is 6.54 Å². The molecule has 0 radical (unpaired) electrons. The molecule has 0 spiro atoms. The Labute approximate surface area is 248 Å². The fourth-order valence-corrected chi connectivity index (χ4v) is 5.45. The zero-order chi connectivity index (χ0) is 31.9. The number of nitrogens with zero attached hydrogens (tertiary/aromatic N) is 6. The highest BCUT2D eigenvalue weighted by atomic mass is 19.1. The Balaban J connectivity index is 1.50. The average Bonchev–Trinajstić information content (AvgIpc) is 3.32. The van der Waals surface area contributed by atoms with Crippen LogP contribution in [0.3, 0.4) is 0 Å². The van der Waals surface area contributed by atoms with E-state index < -0.39 is 70.3 Å². The predicted molar refractivity (Wildman–Crippen MR) is 145 cm³/mol. The van der Waals surface area contributed by atoms with Crippen molar-refractivity contribution in [2.45, 2.75) is 64.4 Å². The zero-order valence-corrected chi connectivity index (χ0v) is 24.1. The Hall–Kier alpha value is -4.73. The Kier molecular flexibility index (Phi) is 8.45. The summed E-state index contributed by atoms with van der Waals surface area (Å²) in [6.45, 7) is 2.81. The number of carbonyl (C=O) groups is 3. The molecule has 2 N–H and O–H groups in total. The molecule has 0 aliphatic carbocycles. The number of hydroxylamine groups is 2. The number of pyridine rings is 1. The summed E-state index contributed by atoms with van der Waals surface area (Å²) in [5.74, 6) is -6.67. The van der Waals surface area contributed by atoms with Gasteiger partial charge >= 0.3 is 0 Å². The minimum atomic E-state index is -1.24. The van der Waals surface area contributed by atoms with Crippen molar-refractivity contribution in [1.29, 1.82) is 0 Å². The van der Waals surface area contributed by atoms with Gasteiger partial charge in [-0.2, -0.15) is 15.0 Å². The maximum Gasteiger partial charge on any atom is 0.274 e. The topological polar surface area (TPSA) is 152 Å². The van der Waals surface area contributed by atoms with E-state index in [0.29, 0.717) is 30.7 Å². The molecule has 234 valence electrons. The minimum absolute atomic E-state index is 0.0195. The smallest absolute Gasteiger partial charge is 0.274 e. The van der Waals surface area contributed by atoms with E-state index in [1.165, 1.54) is 20.5 Å². The highest BCUT2D eigenvalue weighted by molar-refractivity contribution is 5.99. The van der Waals surface area contributed by atoms with E-state index in [0.717, 1.165) is 11.3 Å². The van der Waals surface area contributed by atoms with Gasteiger partial charge in [-0.1, -0.05) is 6.92 Å². The quantitative estimate of drug-likeness (QED) is 0.364. The van der Waals surface area contributed by atoms with Gasteiger partial charge in [-0.05, 0) is 19.8 Å². The SMILES string of the molecule is CCC(=O)N(Cc1cnn(C)n1)O[C@@H]1CC[C@H](C)N2C[C@H]1n1cc(C(=O)NCc3c(F)cc(F)cc3F)c(=O)c(O)c1C2=O. The maximum absolute atomic E-state index is 14.1. The molecule has 1 saturated heterocycles. The van der Waals surface area contributed by atoms with Crippen LogP contribution in [0, 0.1) is 17.5 Å². The Bertz CT molecular complexity index is 1670. The summed E-state index contributed by atoms with van der Waals surface area (Å²) in [6.07, 6.45) is 2.76. The van der Waals surface area contributed by atoms with Gasteiger partial charge in [0.1, 0.15) is 34.8 Å². The lowest BCUT2D eigenvalue weighted by atomic mass is 10.0. The first-order valence-corrected chi connectivity index (χ1v) is 13.9.